The van der Waals surface area contributed by atoms with Crippen LogP contribution < -0.4 is 16.0 Å². The van der Waals surface area contributed by atoms with E-state index in [-0.39, 0.29) is 12.1 Å². The number of aromatic nitrogens is 2. The number of H-pyrrole nitrogens is 1. The molecule has 0 atom stereocenters. The third kappa shape index (κ3) is 1.97. The summed E-state index contributed by atoms with van der Waals surface area (Å²) in [6, 6.07) is 7.48. The van der Waals surface area contributed by atoms with E-state index in [9.17, 15) is 4.79 Å². The van der Waals surface area contributed by atoms with Crippen LogP contribution >= 0.6 is 0 Å². The highest BCUT2D eigenvalue weighted by atomic mass is 16.5. The zero-order valence-corrected chi connectivity index (χ0v) is 9.86. The van der Waals surface area contributed by atoms with Crippen LogP contribution in [-0.4, -0.2) is 16.9 Å². The number of aromatic amines is 1. The van der Waals surface area contributed by atoms with Crippen LogP contribution in [0.4, 0.5) is 0 Å². The van der Waals surface area contributed by atoms with Crippen LogP contribution in [0.15, 0.2) is 29.1 Å². The molecule has 1 heterocycles. The van der Waals surface area contributed by atoms with Crippen LogP contribution in [0.2, 0.25) is 0 Å². The van der Waals surface area contributed by atoms with Crippen molar-refractivity contribution in [2.24, 2.45) is 12.8 Å². The van der Waals surface area contributed by atoms with E-state index in [1.54, 1.807) is 14.2 Å². The second-order valence-corrected chi connectivity index (χ2v) is 3.76. The summed E-state index contributed by atoms with van der Waals surface area (Å²) in [7, 11) is 3.29. The standard InChI is InChI=1S/C12H15N3O2/c1-15-12(16)10(7-13)11(14-15)8-3-5-9(17-2)6-4-8/h3-6,14H,7,13H2,1-2H3. The molecule has 0 bridgehead atoms. The van der Waals surface area contributed by atoms with E-state index in [2.05, 4.69) is 5.10 Å². The SMILES string of the molecule is COc1ccc(-c2[nH]n(C)c(=O)c2CN)cc1. The molecule has 1 aromatic carbocycles. The Bertz CT molecular complexity index is 566. The lowest BCUT2D eigenvalue weighted by molar-refractivity contribution is 0.415. The van der Waals surface area contributed by atoms with E-state index in [1.165, 1.54) is 4.68 Å². The lowest BCUT2D eigenvalue weighted by Crippen LogP contribution is -2.17. The van der Waals surface area contributed by atoms with E-state index in [1.807, 2.05) is 24.3 Å². The highest BCUT2D eigenvalue weighted by Crippen LogP contribution is 2.22. The molecular formula is C12H15N3O2. The molecule has 0 aliphatic carbocycles. The molecule has 3 N–H and O–H groups in total. The van der Waals surface area contributed by atoms with Gasteiger partial charge in [0.25, 0.3) is 5.56 Å². The smallest absolute Gasteiger partial charge is 0.271 e. The molecule has 0 unspecified atom stereocenters. The first-order valence-corrected chi connectivity index (χ1v) is 5.29. The largest absolute Gasteiger partial charge is 0.497 e. The lowest BCUT2D eigenvalue weighted by atomic mass is 10.1. The molecule has 17 heavy (non-hydrogen) atoms. The Balaban J connectivity index is 2.52. The highest BCUT2D eigenvalue weighted by molar-refractivity contribution is 5.63. The van der Waals surface area contributed by atoms with Crippen molar-refractivity contribution >= 4 is 0 Å². The first-order valence-electron chi connectivity index (χ1n) is 5.29. The summed E-state index contributed by atoms with van der Waals surface area (Å²) in [4.78, 5) is 11.7. The molecular weight excluding hydrogens is 218 g/mol. The first-order chi connectivity index (χ1) is 8.17. The minimum absolute atomic E-state index is 0.0849. The molecule has 5 heteroatoms. The maximum absolute atomic E-state index is 11.7. The summed E-state index contributed by atoms with van der Waals surface area (Å²) < 4.78 is 6.52. The molecule has 90 valence electrons. The number of methoxy groups -OCH3 is 1. The van der Waals surface area contributed by atoms with Gasteiger partial charge in [0.1, 0.15) is 5.75 Å². The predicted molar refractivity (Wildman–Crippen MR) is 65.9 cm³/mol. The Labute approximate surface area is 98.8 Å². The van der Waals surface area contributed by atoms with Gasteiger partial charge in [-0.15, -0.1) is 0 Å². The number of nitrogens with one attached hydrogen (secondary N) is 1. The van der Waals surface area contributed by atoms with Crippen LogP contribution in [0.5, 0.6) is 5.75 Å². The van der Waals surface area contributed by atoms with Gasteiger partial charge < -0.3 is 10.5 Å². The summed E-state index contributed by atoms with van der Waals surface area (Å²) in [6.07, 6.45) is 0. The van der Waals surface area contributed by atoms with Crippen molar-refractivity contribution in [2.75, 3.05) is 7.11 Å². The minimum atomic E-state index is -0.0849. The number of hydrogen-bond acceptors (Lipinski definition) is 3. The van der Waals surface area contributed by atoms with E-state index < -0.39 is 0 Å². The van der Waals surface area contributed by atoms with Crippen molar-refractivity contribution in [3.8, 4) is 17.0 Å². The lowest BCUT2D eigenvalue weighted by Gasteiger charge is -2.03. The molecule has 0 radical (unpaired) electrons. The Morgan fingerprint density at radius 2 is 2.00 bits per heavy atom. The van der Waals surface area contributed by atoms with Gasteiger partial charge >= 0.3 is 0 Å². The summed E-state index contributed by atoms with van der Waals surface area (Å²) in [5.41, 5.74) is 7.80. The Hall–Kier alpha value is -2.01. The van der Waals surface area contributed by atoms with Crippen molar-refractivity contribution in [3.63, 3.8) is 0 Å². The fourth-order valence-electron chi connectivity index (χ4n) is 1.78. The van der Waals surface area contributed by atoms with Gasteiger partial charge in [0.2, 0.25) is 0 Å². The fraction of sp³-hybridized carbons (Fsp3) is 0.250. The van der Waals surface area contributed by atoms with Crippen molar-refractivity contribution in [2.45, 2.75) is 6.54 Å². The van der Waals surface area contributed by atoms with Gasteiger partial charge in [-0.1, -0.05) is 0 Å². The summed E-state index contributed by atoms with van der Waals surface area (Å²) in [6.45, 7) is 0.220. The summed E-state index contributed by atoms with van der Waals surface area (Å²) in [5, 5.41) is 3.00. The number of benzene rings is 1. The zero-order valence-electron chi connectivity index (χ0n) is 9.86. The third-order valence-electron chi connectivity index (χ3n) is 2.73. The molecule has 2 rings (SSSR count). The monoisotopic (exact) mass is 233 g/mol. The molecule has 2 aromatic rings. The number of rotatable bonds is 3. The van der Waals surface area contributed by atoms with E-state index in [0.717, 1.165) is 17.0 Å². The zero-order chi connectivity index (χ0) is 12.4. The topological polar surface area (TPSA) is 73.0 Å². The van der Waals surface area contributed by atoms with Crippen molar-refractivity contribution in [3.05, 3.63) is 40.2 Å². The molecule has 0 aliphatic heterocycles. The predicted octanol–water partition coefficient (Wildman–Crippen LogP) is 0.848. The van der Waals surface area contributed by atoms with Crippen molar-refractivity contribution < 1.29 is 4.74 Å². The van der Waals surface area contributed by atoms with E-state index >= 15 is 0 Å². The summed E-state index contributed by atoms with van der Waals surface area (Å²) in [5.74, 6) is 0.779. The second-order valence-electron chi connectivity index (χ2n) is 3.76. The molecule has 0 saturated carbocycles. The minimum Gasteiger partial charge on any atom is -0.497 e. The summed E-state index contributed by atoms with van der Waals surface area (Å²) >= 11 is 0. The maximum Gasteiger partial charge on any atom is 0.271 e. The van der Waals surface area contributed by atoms with Gasteiger partial charge in [-0.25, -0.2) is 0 Å². The van der Waals surface area contributed by atoms with Crippen LogP contribution in [0.25, 0.3) is 11.3 Å². The Morgan fingerprint density at radius 1 is 1.35 bits per heavy atom. The Kier molecular flexibility index (Phi) is 3.01. The molecule has 0 aliphatic rings. The third-order valence-corrected chi connectivity index (χ3v) is 2.73. The van der Waals surface area contributed by atoms with Crippen LogP contribution in [0, 0.1) is 0 Å². The number of nitrogens with two attached hydrogens (primary N) is 1. The molecule has 0 spiro atoms. The number of hydrogen-bond donors (Lipinski definition) is 2. The molecule has 0 fully saturated rings. The van der Waals surface area contributed by atoms with Gasteiger partial charge in [-0.2, -0.15) is 0 Å². The number of nitrogens with zero attached hydrogens (tertiary/aromatic N) is 1. The van der Waals surface area contributed by atoms with E-state index in [0.29, 0.717) is 5.56 Å². The molecule has 0 amide bonds. The number of ether oxygens (including phenoxy) is 1. The second kappa shape index (κ2) is 4.47. The Morgan fingerprint density at radius 3 is 2.53 bits per heavy atom. The van der Waals surface area contributed by atoms with Crippen LogP contribution in [0.3, 0.4) is 0 Å². The molecule has 5 nitrogen and oxygen atoms in total. The van der Waals surface area contributed by atoms with E-state index in [4.69, 9.17) is 10.5 Å². The average Bonchev–Trinajstić information content (AvgIpc) is 2.65. The van der Waals surface area contributed by atoms with Crippen molar-refractivity contribution in [1.29, 1.82) is 0 Å². The van der Waals surface area contributed by atoms with Gasteiger partial charge in [-0.3, -0.25) is 14.6 Å². The number of aryl methyl sites for hydroxylation is 1. The van der Waals surface area contributed by atoms with Crippen LogP contribution in [0.1, 0.15) is 5.56 Å². The van der Waals surface area contributed by atoms with Gasteiger partial charge in [0.05, 0.1) is 18.4 Å². The van der Waals surface area contributed by atoms with Gasteiger partial charge in [-0.05, 0) is 24.3 Å². The van der Waals surface area contributed by atoms with Gasteiger partial charge in [0, 0.05) is 19.2 Å². The maximum atomic E-state index is 11.7. The normalized spacial score (nSPS) is 10.5. The molecule has 0 saturated heterocycles. The first kappa shape index (κ1) is 11.5. The highest BCUT2D eigenvalue weighted by Gasteiger charge is 2.12. The quantitative estimate of drug-likeness (QED) is 0.825. The van der Waals surface area contributed by atoms with Crippen molar-refractivity contribution in [1.82, 2.24) is 9.78 Å². The fourth-order valence-corrected chi connectivity index (χ4v) is 1.78. The average molecular weight is 233 g/mol. The van der Waals surface area contributed by atoms with Gasteiger partial charge in [0.15, 0.2) is 0 Å². The molecule has 1 aromatic heterocycles. The van der Waals surface area contributed by atoms with Crippen LogP contribution in [-0.2, 0) is 13.6 Å².